The van der Waals surface area contributed by atoms with Crippen LogP contribution >= 0.6 is 15.9 Å². The highest BCUT2D eigenvalue weighted by molar-refractivity contribution is 9.11. The fourth-order valence-electron chi connectivity index (χ4n) is 5.42. The van der Waals surface area contributed by atoms with Gasteiger partial charge in [0, 0.05) is 55.3 Å². The number of piperazine rings is 1. The zero-order valence-electron chi connectivity index (χ0n) is 20.7. The number of aliphatic hydroxyl groups excluding tert-OH is 1. The minimum atomic E-state index is 0.217. The van der Waals surface area contributed by atoms with E-state index in [4.69, 9.17) is 0 Å². The molecule has 1 aliphatic heterocycles. The SMILES string of the molecule is CC(C)N1CCN(C2C=CC(/C(=C(/CCCO)c3ccccc3)C3C=CC(Br)=CC3)=CC2)CC1. The summed E-state index contributed by atoms with van der Waals surface area (Å²) in [5, 5.41) is 9.64. The van der Waals surface area contributed by atoms with Gasteiger partial charge in [0.2, 0.25) is 0 Å². The molecule has 2 unspecified atom stereocenters. The fraction of sp³-hybridized carbons (Fsp3) is 0.467. The van der Waals surface area contributed by atoms with Crippen LogP contribution in [0.4, 0.5) is 0 Å². The molecule has 182 valence electrons. The van der Waals surface area contributed by atoms with Gasteiger partial charge in [0.1, 0.15) is 0 Å². The van der Waals surface area contributed by atoms with Crippen molar-refractivity contribution in [2.75, 3.05) is 32.8 Å². The van der Waals surface area contributed by atoms with Gasteiger partial charge in [0.15, 0.2) is 0 Å². The number of halogens is 1. The Balaban J connectivity index is 1.61. The van der Waals surface area contributed by atoms with Gasteiger partial charge < -0.3 is 5.11 Å². The highest BCUT2D eigenvalue weighted by atomic mass is 79.9. The van der Waals surface area contributed by atoms with E-state index < -0.39 is 0 Å². The molecular formula is C30H39BrN2O. The topological polar surface area (TPSA) is 26.7 Å². The van der Waals surface area contributed by atoms with Gasteiger partial charge in [0.05, 0.1) is 0 Å². The van der Waals surface area contributed by atoms with Crippen molar-refractivity contribution in [1.29, 1.82) is 0 Å². The van der Waals surface area contributed by atoms with Crippen molar-refractivity contribution in [2.24, 2.45) is 5.92 Å². The van der Waals surface area contributed by atoms with E-state index in [1.54, 1.807) is 0 Å². The molecular weight excluding hydrogens is 484 g/mol. The van der Waals surface area contributed by atoms with E-state index in [1.165, 1.54) is 22.3 Å². The van der Waals surface area contributed by atoms with Crippen LogP contribution in [-0.4, -0.2) is 59.8 Å². The molecule has 1 aromatic rings. The van der Waals surface area contributed by atoms with Crippen LogP contribution in [0.25, 0.3) is 5.57 Å². The minimum Gasteiger partial charge on any atom is -0.396 e. The standard InChI is InChI=1S/C30H39BrN2O/c1-23(2)32-18-20-33(21-19-32)28-16-12-26(13-17-28)30(25-10-14-27(31)15-11-25)29(9-6-22-34)24-7-4-3-5-8-24/h3-5,7-8,10,12-16,23,25,28,34H,6,9,11,17-22H2,1-2H3/b30-29-. The maximum absolute atomic E-state index is 9.64. The van der Waals surface area contributed by atoms with Crippen LogP contribution in [-0.2, 0) is 0 Å². The number of hydrogen-bond donors (Lipinski definition) is 1. The van der Waals surface area contributed by atoms with E-state index in [9.17, 15) is 5.11 Å². The molecule has 3 nitrogen and oxygen atoms in total. The molecule has 0 bridgehead atoms. The lowest BCUT2D eigenvalue weighted by molar-refractivity contribution is 0.0916. The number of aliphatic hydroxyl groups is 1. The Hall–Kier alpha value is -1.72. The number of rotatable bonds is 8. The first-order chi connectivity index (χ1) is 16.6. The average molecular weight is 524 g/mol. The molecule has 34 heavy (non-hydrogen) atoms. The summed E-state index contributed by atoms with van der Waals surface area (Å²) < 4.78 is 1.16. The number of benzene rings is 1. The van der Waals surface area contributed by atoms with Gasteiger partial charge in [-0.3, -0.25) is 9.80 Å². The molecule has 1 N–H and O–H groups in total. The second kappa shape index (κ2) is 12.3. The summed E-state index contributed by atoms with van der Waals surface area (Å²) in [6.45, 7) is 9.44. The number of hydrogen-bond acceptors (Lipinski definition) is 3. The predicted octanol–water partition coefficient (Wildman–Crippen LogP) is 6.35. The lowest BCUT2D eigenvalue weighted by Crippen LogP contribution is -2.51. The molecule has 0 radical (unpaired) electrons. The Morgan fingerprint density at radius 2 is 1.76 bits per heavy atom. The van der Waals surface area contributed by atoms with Gasteiger partial charge in [-0.1, -0.05) is 82.7 Å². The zero-order chi connectivity index (χ0) is 23.9. The number of nitrogens with zero attached hydrogens (tertiary/aromatic N) is 2. The summed E-state index contributed by atoms with van der Waals surface area (Å²) in [7, 11) is 0. The summed E-state index contributed by atoms with van der Waals surface area (Å²) >= 11 is 3.64. The maximum atomic E-state index is 9.64. The molecule has 1 aromatic carbocycles. The number of allylic oxidation sites excluding steroid dienone is 8. The van der Waals surface area contributed by atoms with E-state index in [-0.39, 0.29) is 6.61 Å². The first-order valence-electron chi connectivity index (χ1n) is 12.9. The molecule has 1 saturated heterocycles. The summed E-state index contributed by atoms with van der Waals surface area (Å²) in [5.41, 5.74) is 5.42. The Kier molecular flexibility index (Phi) is 9.18. The quantitative estimate of drug-likeness (QED) is 0.430. The first-order valence-corrected chi connectivity index (χ1v) is 13.7. The van der Waals surface area contributed by atoms with Crippen LogP contribution in [0.2, 0.25) is 0 Å². The molecule has 2 atom stereocenters. The normalized spacial score (nSPS) is 24.7. The van der Waals surface area contributed by atoms with E-state index in [1.807, 2.05) is 0 Å². The predicted molar refractivity (Wildman–Crippen MR) is 148 cm³/mol. The van der Waals surface area contributed by atoms with Crippen molar-refractivity contribution in [3.63, 3.8) is 0 Å². The molecule has 0 amide bonds. The minimum absolute atomic E-state index is 0.217. The molecule has 0 saturated carbocycles. The van der Waals surface area contributed by atoms with E-state index >= 15 is 0 Å². The van der Waals surface area contributed by atoms with Crippen molar-refractivity contribution >= 4 is 21.5 Å². The highest BCUT2D eigenvalue weighted by Crippen LogP contribution is 2.39. The van der Waals surface area contributed by atoms with Crippen LogP contribution in [0.15, 0.2) is 82.4 Å². The molecule has 0 aromatic heterocycles. The van der Waals surface area contributed by atoms with Crippen molar-refractivity contribution in [3.8, 4) is 0 Å². The summed E-state index contributed by atoms with van der Waals surface area (Å²) in [5.74, 6) is 0.345. The Labute approximate surface area is 214 Å². The second-order valence-corrected chi connectivity index (χ2v) is 10.8. The maximum Gasteiger partial charge on any atom is 0.0434 e. The van der Waals surface area contributed by atoms with Gasteiger partial charge in [-0.2, -0.15) is 0 Å². The molecule has 4 heteroatoms. The average Bonchev–Trinajstić information content (AvgIpc) is 2.88. The monoisotopic (exact) mass is 522 g/mol. The van der Waals surface area contributed by atoms with E-state index in [2.05, 4.69) is 106 Å². The lowest BCUT2D eigenvalue weighted by Gasteiger charge is -2.40. The summed E-state index contributed by atoms with van der Waals surface area (Å²) in [6.07, 6.45) is 17.8. The molecule has 2 aliphatic carbocycles. The van der Waals surface area contributed by atoms with Gasteiger partial charge in [-0.05, 0) is 61.8 Å². The van der Waals surface area contributed by atoms with E-state index in [0.29, 0.717) is 18.0 Å². The third-order valence-electron chi connectivity index (χ3n) is 7.39. The van der Waals surface area contributed by atoms with Crippen molar-refractivity contribution < 1.29 is 5.11 Å². The fourth-order valence-corrected chi connectivity index (χ4v) is 5.75. The smallest absolute Gasteiger partial charge is 0.0434 e. The summed E-state index contributed by atoms with van der Waals surface area (Å²) in [6, 6.07) is 11.9. The molecule has 4 rings (SSSR count). The largest absolute Gasteiger partial charge is 0.396 e. The third-order valence-corrected chi connectivity index (χ3v) is 7.98. The van der Waals surface area contributed by atoms with Gasteiger partial charge in [-0.15, -0.1) is 0 Å². The zero-order valence-corrected chi connectivity index (χ0v) is 22.3. The van der Waals surface area contributed by atoms with Crippen LogP contribution < -0.4 is 0 Å². The van der Waals surface area contributed by atoms with Gasteiger partial charge >= 0.3 is 0 Å². The second-order valence-electron chi connectivity index (χ2n) is 9.86. The molecule has 1 heterocycles. The Morgan fingerprint density at radius 1 is 1.00 bits per heavy atom. The van der Waals surface area contributed by atoms with Crippen molar-refractivity contribution in [2.45, 2.75) is 51.6 Å². The first kappa shape index (κ1) is 25.4. The van der Waals surface area contributed by atoms with Crippen LogP contribution in [0.5, 0.6) is 0 Å². The van der Waals surface area contributed by atoms with Crippen LogP contribution in [0, 0.1) is 5.92 Å². The van der Waals surface area contributed by atoms with Gasteiger partial charge in [-0.25, -0.2) is 0 Å². The van der Waals surface area contributed by atoms with Crippen LogP contribution in [0.3, 0.4) is 0 Å². The van der Waals surface area contributed by atoms with Gasteiger partial charge in [0.25, 0.3) is 0 Å². The highest BCUT2D eigenvalue weighted by Gasteiger charge is 2.26. The third kappa shape index (κ3) is 6.28. The Morgan fingerprint density at radius 3 is 2.35 bits per heavy atom. The van der Waals surface area contributed by atoms with Crippen molar-refractivity contribution in [1.82, 2.24) is 9.80 Å². The molecule has 3 aliphatic rings. The lowest BCUT2D eigenvalue weighted by atomic mass is 9.79. The van der Waals surface area contributed by atoms with Crippen LogP contribution in [0.1, 0.15) is 45.1 Å². The molecule has 0 spiro atoms. The molecule has 1 fully saturated rings. The Bertz CT molecular complexity index is 965. The summed E-state index contributed by atoms with van der Waals surface area (Å²) in [4.78, 5) is 5.23. The van der Waals surface area contributed by atoms with E-state index in [0.717, 1.165) is 56.3 Å². The van der Waals surface area contributed by atoms with Crippen molar-refractivity contribution in [3.05, 3.63) is 88.0 Å².